The molecule has 0 saturated carbocycles. The van der Waals surface area contributed by atoms with Crippen LogP contribution in [0.1, 0.15) is 24.2 Å². The Balaban J connectivity index is 1.86. The Morgan fingerprint density at radius 2 is 2.19 bits per heavy atom. The predicted molar refractivity (Wildman–Crippen MR) is 82.5 cm³/mol. The summed E-state index contributed by atoms with van der Waals surface area (Å²) in [6.07, 6.45) is 1.70. The normalized spacial score (nSPS) is 11.8. The van der Waals surface area contributed by atoms with Crippen LogP contribution in [-0.2, 0) is 4.79 Å². The number of nitrogens with zero attached hydrogens (tertiary/aromatic N) is 1. The van der Waals surface area contributed by atoms with Gasteiger partial charge in [-0.1, -0.05) is 17.7 Å². The van der Waals surface area contributed by atoms with Crippen molar-refractivity contribution in [2.75, 3.05) is 6.61 Å². The van der Waals surface area contributed by atoms with Crippen molar-refractivity contribution in [3.8, 4) is 5.75 Å². The number of carbonyl (C=O) groups excluding carboxylic acids is 1. The first-order valence-corrected chi connectivity index (χ1v) is 7.03. The summed E-state index contributed by atoms with van der Waals surface area (Å²) in [4.78, 5) is 16.1. The maximum Gasteiger partial charge on any atom is 0.258 e. The molecular weight excluding hydrogens is 288 g/mol. The predicted octanol–water partition coefficient (Wildman–Crippen LogP) is 3.30. The number of rotatable bonds is 5. The molecule has 1 N–H and O–H groups in total. The van der Waals surface area contributed by atoms with E-state index in [1.807, 2.05) is 32.0 Å². The van der Waals surface area contributed by atoms with Gasteiger partial charge >= 0.3 is 0 Å². The lowest BCUT2D eigenvalue weighted by molar-refractivity contribution is -0.123. The number of hydrogen-bond acceptors (Lipinski definition) is 3. The van der Waals surface area contributed by atoms with E-state index in [1.165, 1.54) is 0 Å². The second kappa shape index (κ2) is 7.09. The molecule has 2 rings (SSSR count). The smallest absolute Gasteiger partial charge is 0.258 e. The van der Waals surface area contributed by atoms with E-state index in [9.17, 15) is 4.79 Å². The number of ether oxygens (including phenoxy) is 1. The molecule has 0 aliphatic heterocycles. The number of benzene rings is 1. The van der Waals surface area contributed by atoms with Gasteiger partial charge in [0.1, 0.15) is 5.75 Å². The third kappa shape index (κ3) is 4.46. The number of amides is 1. The molecule has 1 amide bonds. The monoisotopic (exact) mass is 304 g/mol. The van der Waals surface area contributed by atoms with Gasteiger partial charge in [0.15, 0.2) is 6.61 Å². The first-order chi connectivity index (χ1) is 10.1. The Bertz CT molecular complexity index is 617. The Morgan fingerprint density at radius 1 is 1.38 bits per heavy atom. The van der Waals surface area contributed by atoms with Crippen LogP contribution in [0.15, 0.2) is 42.6 Å². The average molecular weight is 305 g/mol. The molecule has 2 aromatic rings. The van der Waals surface area contributed by atoms with Crippen LogP contribution in [-0.4, -0.2) is 17.5 Å². The molecule has 0 radical (unpaired) electrons. The zero-order chi connectivity index (χ0) is 15.2. The maximum absolute atomic E-state index is 11.9. The minimum Gasteiger partial charge on any atom is -0.484 e. The molecule has 0 spiro atoms. The number of aryl methyl sites for hydroxylation is 1. The number of aromatic nitrogens is 1. The molecule has 0 aliphatic carbocycles. The molecule has 1 heterocycles. The van der Waals surface area contributed by atoms with Crippen molar-refractivity contribution in [1.29, 1.82) is 0 Å². The average Bonchev–Trinajstić information content (AvgIpc) is 2.49. The quantitative estimate of drug-likeness (QED) is 0.922. The van der Waals surface area contributed by atoms with E-state index < -0.39 is 0 Å². The van der Waals surface area contributed by atoms with E-state index in [-0.39, 0.29) is 18.6 Å². The highest BCUT2D eigenvalue weighted by atomic mass is 35.5. The van der Waals surface area contributed by atoms with E-state index in [2.05, 4.69) is 10.3 Å². The number of nitrogens with one attached hydrogen (secondary N) is 1. The Morgan fingerprint density at radius 3 is 2.86 bits per heavy atom. The van der Waals surface area contributed by atoms with Gasteiger partial charge in [-0.3, -0.25) is 9.78 Å². The highest BCUT2D eigenvalue weighted by Crippen LogP contribution is 2.20. The van der Waals surface area contributed by atoms with Gasteiger partial charge in [0, 0.05) is 11.2 Å². The topological polar surface area (TPSA) is 51.2 Å². The lowest BCUT2D eigenvalue weighted by atomic mass is 10.2. The summed E-state index contributed by atoms with van der Waals surface area (Å²) in [5.41, 5.74) is 1.73. The molecule has 5 heteroatoms. The van der Waals surface area contributed by atoms with Crippen LogP contribution in [0.2, 0.25) is 5.02 Å². The van der Waals surface area contributed by atoms with E-state index in [4.69, 9.17) is 16.3 Å². The van der Waals surface area contributed by atoms with Crippen molar-refractivity contribution >= 4 is 17.5 Å². The molecule has 1 aromatic heterocycles. The van der Waals surface area contributed by atoms with Crippen LogP contribution in [0.5, 0.6) is 5.75 Å². The van der Waals surface area contributed by atoms with Crippen molar-refractivity contribution in [1.82, 2.24) is 10.3 Å². The number of hydrogen-bond donors (Lipinski definition) is 1. The Kier molecular flexibility index (Phi) is 5.17. The summed E-state index contributed by atoms with van der Waals surface area (Å²) >= 11 is 5.94. The summed E-state index contributed by atoms with van der Waals surface area (Å²) in [5, 5.41) is 3.52. The molecule has 0 aliphatic rings. The van der Waals surface area contributed by atoms with Crippen LogP contribution < -0.4 is 10.1 Å². The van der Waals surface area contributed by atoms with Gasteiger partial charge in [-0.25, -0.2) is 0 Å². The molecule has 0 bridgehead atoms. The molecule has 0 unspecified atom stereocenters. The van der Waals surface area contributed by atoms with Crippen LogP contribution in [0.3, 0.4) is 0 Å². The molecule has 0 fully saturated rings. The van der Waals surface area contributed by atoms with Crippen molar-refractivity contribution < 1.29 is 9.53 Å². The largest absolute Gasteiger partial charge is 0.484 e. The van der Waals surface area contributed by atoms with Crippen LogP contribution in [0.4, 0.5) is 0 Å². The first-order valence-electron chi connectivity index (χ1n) is 6.65. The van der Waals surface area contributed by atoms with Gasteiger partial charge in [-0.2, -0.15) is 0 Å². The minimum atomic E-state index is -0.194. The molecular formula is C16H17ClN2O2. The minimum absolute atomic E-state index is 0.0434. The zero-order valence-corrected chi connectivity index (χ0v) is 12.7. The van der Waals surface area contributed by atoms with Crippen molar-refractivity contribution in [3.05, 3.63) is 58.9 Å². The van der Waals surface area contributed by atoms with E-state index in [0.717, 1.165) is 11.3 Å². The summed E-state index contributed by atoms with van der Waals surface area (Å²) < 4.78 is 5.45. The number of halogens is 1. The second-order valence-corrected chi connectivity index (χ2v) is 5.15. The number of pyridine rings is 1. The van der Waals surface area contributed by atoms with Crippen molar-refractivity contribution in [2.45, 2.75) is 19.9 Å². The molecule has 1 atom stereocenters. The SMILES string of the molecule is Cc1cc(OCC(=O)N[C@H](C)c2ccccn2)ccc1Cl. The fourth-order valence-electron chi connectivity index (χ4n) is 1.85. The van der Waals surface area contributed by atoms with Crippen molar-refractivity contribution in [2.24, 2.45) is 0 Å². The van der Waals surface area contributed by atoms with Gasteiger partial charge in [0.2, 0.25) is 0 Å². The standard InChI is InChI=1S/C16H17ClN2O2/c1-11-9-13(6-7-14(11)17)21-10-16(20)19-12(2)15-5-3-4-8-18-15/h3-9,12H,10H2,1-2H3,(H,19,20)/t12-/m1/s1. The third-order valence-corrected chi connectivity index (χ3v) is 3.43. The first kappa shape index (κ1) is 15.3. The lowest BCUT2D eigenvalue weighted by Crippen LogP contribution is -2.31. The van der Waals surface area contributed by atoms with Gasteiger partial charge in [-0.05, 0) is 49.7 Å². The summed E-state index contributed by atoms with van der Waals surface area (Å²) in [6.45, 7) is 3.73. The van der Waals surface area contributed by atoms with Gasteiger partial charge in [0.25, 0.3) is 5.91 Å². The summed E-state index contributed by atoms with van der Waals surface area (Å²) in [5.74, 6) is 0.429. The van der Waals surface area contributed by atoms with Gasteiger partial charge < -0.3 is 10.1 Å². The molecule has 21 heavy (non-hydrogen) atoms. The van der Waals surface area contributed by atoms with Gasteiger partial charge in [-0.15, -0.1) is 0 Å². The fraction of sp³-hybridized carbons (Fsp3) is 0.250. The lowest BCUT2D eigenvalue weighted by Gasteiger charge is -2.14. The Hall–Kier alpha value is -2.07. The maximum atomic E-state index is 11.9. The van der Waals surface area contributed by atoms with Crippen LogP contribution in [0, 0.1) is 6.92 Å². The van der Waals surface area contributed by atoms with Gasteiger partial charge in [0.05, 0.1) is 11.7 Å². The van der Waals surface area contributed by atoms with E-state index in [1.54, 1.807) is 24.4 Å². The zero-order valence-electron chi connectivity index (χ0n) is 12.0. The summed E-state index contributed by atoms with van der Waals surface area (Å²) in [6, 6.07) is 10.7. The van der Waals surface area contributed by atoms with Crippen LogP contribution >= 0.6 is 11.6 Å². The van der Waals surface area contributed by atoms with Crippen molar-refractivity contribution in [3.63, 3.8) is 0 Å². The molecule has 4 nitrogen and oxygen atoms in total. The highest BCUT2D eigenvalue weighted by molar-refractivity contribution is 6.31. The van der Waals surface area contributed by atoms with Crippen LogP contribution in [0.25, 0.3) is 0 Å². The molecule has 110 valence electrons. The third-order valence-electron chi connectivity index (χ3n) is 3.01. The molecule has 0 saturated heterocycles. The molecule has 1 aromatic carbocycles. The highest BCUT2D eigenvalue weighted by Gasteiger charge is 2.11. The Labute approximate surface area is 129 Å². The fourth-order valence-corrected chi connectivity index (χ4v) is 1.96. The second-order valence-electron chi connectivity index (χ2n) is 4.74. The summed E-state index contributed by atoms with van der Waals surface area (Å²) in [7, 11) is 0. The number of carbonyl (C=O) groups is 1. The van der Waals surface area contributed by atoms with E-state index in [0.29, 0.717) is 10.8 Å². The van der Waals surface area contributed by atoms with E-state index >= 15 is 0 Å².